The zero-order valence-corrected chi connectivity index (χ0v) is 13.3. The zero-order valence-electron chi connectivity index (χ0n) is 10.1. The van der Waals surface area contributed by atoms with Crippen LogP contribution in [0.3, 0.4) is 0 Å². The summed E-state index contributed by atoms with van der Waals surface area (Å²) in [5, 5.41) is 9.19. The molecule has 0 spiro atoms. The van der Waals surface area contributed by atoms with Crippen molar-refractivity contribution in [2.45, 2.75) is 11.1 Å². The first-order chi connectivity index (χ1) is 9.35. The van der Waals surface area contributed by atoms with Crippen LogP contribution in [0, 0.1) is 18.3 Å². The van der Waals surface area contributed by atoms with Crippen LogP contribution < -0.4 is 4.72 Å². The van der Waals surface area contributed by atoms with Crippen LogP contribution in [0.15, 0.2) is 28.5 Å². The van der Waals surface area contributed by atoms with Crippen molar-refractivity contribution in [1.82, 2.24) is 0 Å². The molecule has 2 aromatic rings. The number of hydrogen-bond acceptors (Lipinski definition) is 4. The molecular formula is C12H8Cl2N2O2S2. The highest BCUT2D eigenvalue weighted by atomic mass is 35.5. The van der Waals surface area contributed by atoms with E-state index in [1.54, 1.807) is 19.1 Å². The fourth-order valence-corrected chi connectivity index (χ4v) is 4.23. The summed E-state index contributed by atoms with van der Waals surface area (Å²) in [5.74, 6) is 0. The van der Waals surface area contributed by atoms with E-state index in [0.717, 1.165) is 11.3 Å². The van der Waals surface area contributed by atoms with Gasteiger partial charge in [-0.25, -0.2) is 8.42 Å². The molecule has 104 valence electrons. The lowest BCUT2D eigenvalue weighted by Crippen LogP contribution is -2.12. The van der Waals surface area contributed by atoms with Gasteiger partial charge in [-0.1, -0.05) is 29.3 Å². The molecule has 0 unspecified atom stereocenters. The van der Waals surface area contributed by atoms with E-state index >= 15 is 0 Å². The molecule has 0 radical (unpaired) electrons. The third-order valence-corrected chi connectivity index (χ3v) is 6.11. The largest absolute Gasteiger partial charge is 0.276 e. The van der Waals surface area contributed by atoms with E-state index in [0.29, 0.717) is 10.4 Å². The average molecular weight is 347 g/mol. The number of halogens is 2. The lowest BCUT2D eigenvalue weighted by atomic mass is 10.2. The molecule has 0 bridgehead atoms. The van der Waals surface area contributed by atoms with Gasteiger partial charge in [-0.05, 0) is 30.7 Å². The Hall–Kier alpha value is -1.26. The molecule has 2 rings (SSSR count). The third-order valence-electron chi connectivity index (χ3n) is 2.48. The van der Waals surface area contributed by atoms with Crippen molar-refractivity contribution >= 4 is 50.2 Å². The van der Waals surface area contributed by atoms with Crippen molar-refractivity contribution in [3.8, 4) is 6.07 Å². The van der Waals surface area contributed by atoms with E-state index in [2.05, 4.69) is 4.72 Å². The van der Waals surface area contributed by atoms with Crippen LogP contribution >= 0.6 is 34.5 Å². The van der Waals surface area contributed by atoms with E-state index in [4.69, 9.17) is 28.5 Å². The van der Waals surface area contributed by atoms with Crippen LogP contribution in [0.1, 0.15) is 10.4 Å². The topological polar surface area (TPSA) is 70.0 Å². The molecule has 0 aliphatic rings. The number of anilines is 1. The normalized spacial score (nSPS) is 11.1. The first-order valence-electron chi connectivity index (χ1n) is 5.32. The van der Waals surface area contributed by atoms with E-state index in [9.17, 15) is 8.42 Å². The van der Waals surface area contributed by atoms with Crippen molar-refractivity contribution in [2.75, 3.05) is 4.72 Å². The van der Waals surface area contributed by atoms with E-state index in [1.165, 1.54) is 12.1 Å². The summed E-state index contributed by atoms with van der Waals surface area (Å²) in [7, 11) is -3.82. The Balaban J connectivity index is 2.44. The maximum Gasteiger partial charge on any atom is 0.271 e. The molecule has 8 heteroatoms. The first-order valence-corrected chi connectivity index (χ1v) is 8.38. The fourth-order valence-electron chi connectivity index (χ4n) is 1.46. The highest BCUT2D eigenvalue weighted by Gasteiger charge is 2.20. The van der Waals surface area contributed by atoms with Crippen LogP contribution in [-0.4, -0.2) is 8.42 Å². The van der Waals surface area contributed by atoms with Gasteiger partial charge in [0.1, 0.15) is 15.2 Å². The highest BCUT2D eigenvalue weighted by Crippen LogP contribution is 2.35. The number of nitriles is 1. The van der Waals surface area contributed by atoms with Crippen LogP contribution in [0.4, 0.5) is 5.69 Å². The Morgan fingerprint density at radius 2 is 1.95 bits per heavy atom. The predicted molar refractivity (Wildman–Crippen MR) is 81.0 cm³/mol. The Morgan fingerprint density at radius 1 is 1.25 bits per heavy atom. The van der Waals surface area contributed by atoms with Crippen molar-refractivity contribution in [1.29, 1.82) is 5.26 Å². The van der Waals surface area contributed by atoms with Crippen molar-refractivity contribution < 1.29 is 8.42 Å². The number of nitrogens with zero attached hydrogens (tertiary/aromatic N) is 1. The van der Waals surface area contributed by atoms with Gasteiger partial charge in [-0.3, -0.25) is 4.72 Å². The lowest BCUT2D eigenvalue weighted by molar-refractivity contribution is 0.603. The smallest absolute Gasteiger partial charge is 0.271 e. The SMILES string of the molecule is Cc1ccc(Cl)c(NS(=O)(=O)c2ccc(C#N)s2)c1Cl. The second-order valence-electron chi connectivity index (χ2n) is 3.89. The fraction of sp³-hybridized carbons (Fsp3) is 0.0833. The van der Waals surface area contributed by atoms with Crippen molar-refractivity contribution in [3.63, 3.8) is 0 Å². The Bertz CT molecular complexity index is 807. The summed E-state index contributed by atoms with van der Waals surface area (Å²) in [6, 6.07) is 7.96. The molecule has 20 heavy (non-hydrogen) atoms. The maximum atomic E-state index is 12.2. The van der Waals surface area contributed by atoms with E-state index in [-0.39, 0.29) is 19.9 Å². The monoisotopic (exact) mass is 346 g/mol. The number of hydrogen-bond donors (Lipinski definition) is 1. The number of rotatable bonds is 3. The van der Waals surface area contributed by atoms with Crippen LogP contribution in [-0.2, 0) is 10.0 Å². The third kappa shape index (κ3) is 2.91. The number of sulfonamides is 1. The van der Waals surface area contributed by atoms with Crippen molar-refractivity contribution in [2.24, 2.45) is 0 Å². The molecule has 0 fully saturated rings. The summed E-state index contributed by atoms with van der Waals surface area (Å²) in [5.41, 5.74) is 0.845. The predicted octanol–water partition coefficient (Wildman–Crippen LogP) is 4.04. The molecule has 0 saturated heterocycles. The zero-order chi connectivity index (χ0) is 14.9. The second kappa shape index (κ2) is 5.62. The van der Waals surface area contributed by atoms with Crippen molar-refractivity contribution in [3.05, 3.63) is 44.8 Å². The minimum absolute atomic E-state index is 0.0303. The molecule has 1 heterocycles. The second-order valence-corrected chi connectivity index (χ2v) is 7.67. The van der Waals surface area contributed by atoms with Crippen LogP contribution in [0.2, 0.25) is 10.0 Å². The van der Waals surface area contributed by atoms with Crippen LogP contribution in [0.25, 0.3) is 0 Å². The number of aryl methyl sites for hydroxylation is 1. The van der Waals surface area contributed by atoms with Gasteiger partial charge in [0.05, 0.1) is 15.7 Å². The summed E-state index contributed by atoms with van der Waals surface area (Å²) in [6.07, 6.45) is 0. The van der Waals surface area contributed by atoms with Gasteiger partial charge >= 0.3 is 0 Å². The van der Waals surface area contributed by atoms with Gasteiger partial charge in [0, 0.05) is 0 Å². The molecule has 0 saturated carbocycles. The van der Waals surface area contributed by atoms with Gasteiger partial charge < -0.3 is 0 Å². The maximum absolute atomic E-state index is 12.2. The molecule has 1 aromatic carbocycles. The summed E-state index contributed by atoms with van der Waals surface area (Å²) < 4.78 is 26.8. The summed E-state index contributed by atoms with van der Waals surface area (Å²) >= 11 is 12.9. The van der Waals surface area contributed by atoms with Gasteiger partial charge in [-0.2, -0.15) is 5.26 Å². The van der Waals surface area contributed by atoms with Gasteiger partial charge in [0.2, 0.25) is 0 Å². The molecule has 1 aromatic heterocycles. The van der Waals surface area contributed by atoms with Gasteiger partial charge in [0.15, 0.2) is 0 Å². The lowest BCUT2D eigenvalue weighted by Gasteiger charge is -2.11. The standard InChI is InChI=1S/C12H8Cl2N2O2S2/c1-7-2-4-9(13)12(11(7)14)16-20(17,18)10-5-3-8(6-15)19-10/h2-5,16H,1H3. The number of benzene rings is 1. The number of nitrogens with one attached hydrogen (secondary N) is 1. The highest BCUT2D eigenvalue weighted by molar-refractivity contribution is 7.94. The first kappa shape index (κ1) is 15.1. The summed E-state index contributed by atoms with van der Waals surface area (Å²) in [6.45, 7) is 1.75. The summed E-state index contributed by atoms with van der Waals surface area (Å²) in [4.78, 5) is 0.312. The molecule has 1 N–H and O–H groups in total. The van der Waals surface area contributed by atoms with Gasteiger partial charge in [-0.15, -0.1) is 11.3 Å². The minimum Gasteiger partial charge on any atom is -0.276 e. The van der Waals surface area contributed by atoms with Gasteiger partial charge in [0.25, 0.3) is 10.0 Å². The number of thiophene rings is 1. The van der Waals surface area contributed by atoms with Crippen LogP contribution in [0.5, 0.6) is 0 Å². The molecule has 0 aliphatic heterocycles. The Kier molecular flexibility index (Phi) is 4.25. The average Bonchev–Trinajstić information content (AvgIpc) is 2.89. The van der Waals surface area contributed by atoms with E-state index < -0.39 is 10.0 Å². The molecular weight excluding hydrogens is 339 g/mol. The Labute approximate surface area is 130 Å². The molecule has 4 nitrogen and oxygen atoms in total. The molecule has 0 atom stereocenters. The quantitative estimate of drug-likeness (QED) is 0.911. The van der Waals surface area contributed by atoms with E-state index in [1.807, 2.05) is 6.07 Å². The minimum atomic E-state index is -3.82. The molecule has 0 aliphatic carbocycles. The Morgan fingerprint density at radius 3 is 2.55 bits per heavy atom. The molecule has 0 amide bonds.